The number of para-hydroxylation sites is 2. The van der Waals surface area contributed by atoms with Crippen molar-refractivity contribution < 1.29 is 9.59 Å². The minimum absolute atomic E-state index is 0.0635. The highest BCUT2D eigenvalue weighted by Crippen LogP contribution is 2.26. The molecule has 32 heavy (non-hydrogen) atoms. The Morgan fingerprint density at radius 3 is 2.72 bits per heavy atom. The van der Waals surface area contributed by atoms with Crippen LogP contribution in [0.4, 0.5) is 0 Å². The van der Waals surface area contributed by atoms with Gasteiger partial charge in [0.2, 0.25) is 5.91 Å². The molecule has 1 saturated heterocycles. The molecule has 4 rings (SSSR count). The Labute approximate surface area is 187 Å². The lowest BCUT2D eigenvalue weighted by Gasteiger charge is -2.32. The van der Waals surface area contributed by atoms with E-state index in [2.05, 4.69) is 34.4 Å². The molecule has 0 aliphatic carbocycles. The Kier molecular flexibility index (Phi) is 6.21. The van der Waals surface area contributed by atoms with E-state index in [0.29, 0.717) is 36.6 Å². The van der Waals surface area contributed by atoms with Gasteiger partial charge in [-0.1, -0.05) is 26.0 Å². The maximum Gasteiger partial charge on any atom is 0.252 e. The van der Waals surface area contributed by atoms with E-state index < -0.39 is 5.91 Å². The highest BCUT2D eigenvalue weighted by Gasteiger charge is 2.27. The number of rotatable bonds is 6. The average Bonchev–Trinajstić information content (AvgIpc) is 3.16. The van der Waals surface area contributed by atoms with Crippen molar-refractivity contribution in [3.8, 4) is 0 Å². The number of hydrogen-bond acceptors (Lipinski definition) is 5. The third-order valence-electron chi connectivity index (χ3n) is 6.15. The van der Waals surface area contributed by atoms with Gasteiger partial charge in [0, 0.05) is 44.1 Å². The third-order valence-corrected chi connectivity index (χ3v) is 6.15. The van der Waals surface area contributed by atoms with Gasteiger partial charge in [-0.05, 0) is 31.9 Å². The van der Waals surface area contributed by atoms with E-state index >= 15 is 0 Å². The summed E-state index contributed by atoms with van der Waals surface area (Å²) in [5.41, 5.74) is 8.32. The summed E-state index contributed by atoms with van der Waals surface area (Å²) in [6, 6.07) is 8.07. The van der Waals surface area contributed by atoms with Gasteiger partial charge < -0.3 is 15.2 Å². The van der Waals surface area contributed by atoms with Crippen LogP contribution in [0, 0.1) is 6.92 Å². The molecule has 2 N–H and O–H groups in total. The number of primary amides is 1. The number of aromatic nitrogens is 4. The molecule has 0 spiro atoms. The molecular formula is C24H30N6O2. The molecule has 2 aromatic heterocycles. The molecular weight excluding hydrogens is 404 g/mol. The number of likely N-dealkylation sites (tertiary alicyclic amines) is 1. The minimum atomic E-state index is -0.526. The van der Waals surface area contributed by atoms with Crippen molar-refractivity contribution in [2.45, 2.75) is 58.4 Å². The van der Waals surface area contributed by atoms with Crippen LogP contribution in [-0.2, 0) is 11.3 Å². The number of benzene rings is 1. The van der Waals surface area contributed by atoms with Crippen LogP contribution in [0.3, 0.4) is 0 Å². The smallest absolute Gasteiger partial charge is 0.252 e. The van der Waals surface area contributed by atoms with Crippen molar-refractivity contribution in [2.75, 3.05) is 13.1 Å². The van der Waals surface area contributed by atoms with E-state index in [-0.39, 0.29) is 17.7 Å². The molecule has 2 amide bonds. The van der Waals surface area contributed by atoms with Crippen LogP contribution in [0.1, 0.15) is 72.6 Å². The number of fused-ring (bicyclic) bond motifs is 1. The Balaban J connectivity index is 1.46. The van der Waals surface area contributed by atoms with Crippen LogP contribution in [0.5, 0.6) is 0 Å². The van der Waals surface area contributed by atoms with E-state index in [1.807, 2.05) is 23.1 Å². The van der Waals surface area contributed by atoms with Gasteiger partial charge in [-0.3, -0.25) is 9.59 Å². The van der Waals surface area contributed by atoms with Crippen molar-refractivity contribution in [3.63, 3.8) is 0 Å². The minimum Gasteiger partial charge on any atom is -0.365 e. The topological polar surface area (TPSA) is 107 Å². The number of nitrogens with two attached hydrogens (primary N) is 1. The second-order valence-corrected chi connectivity index (χ2v) is 8.79. The molecule has 1 atom stereocenters. The first-order chi connectivity index (χ1) is 15.3. The Hall–Kier alpha value is -3.29. The second-order valence-electron chi connectivity index (χ2n) is 8.79. The van der Waals surface area contributed by atoms with E-state index in [0.717, 1.165) is 36.2 Å². The molecule has 1 aromatic carbocycles. The summed E-state index contributed by atoms with van der Waals surface area (Å²) in [6.45, 7) is 7.96. The SMILES string of the molecule is Cc1nc([C@H]2CCCN(C(=O)CCn3c(C(C)C)nc4ccccc43)C2)ncc1C(N)=O. The van der Waals surface area contributed by atoms with Crippen molar-refractivity contribution >= 4 is 22.8 Å². The van der Waals surface area contributed by atoms with E-state index in [1.165, 1.54) is 6.20 Å². The lowest BCUT2D eigenvalue weighted by molar-refractivity contribution is -0.132. The Morgan fingerprint density at radius 1 is 1.22 bits per heavy atom. The molecule has 8 heteroatoms. The van der Waals surface area contributed by atoms with Gasteiger partial charge >= 0.3 is 0 Å². The fourth-order valence-corrected chi connectivity index (χ4v) is 4.47. The highest BCUT2D eigenvalue weighted by atomic mass is 16.2. The third kappa shape index (κ3) is 4.35. The zero-order chi connectivity index (χ0) is 22.8. The maximum absolute atomic E-state index is 13.1. The molecule has 0 saturated carbocycles. The van der Waals surface area contributed by atoms with E-state index in [9.17, 15) is 9.59 Å². The van der Waals surface area contributed by atoms with Gasteiger partial charge in [0.05, 0.1) is 22.3 Å². The molecule has 1 aliphatic rings. The molecule has 3 heterocycles. The maximum atomic E-state index is 13.1. The summed E-state index contributed by atoms with van der Waals surface area (Å²) in [4.78, 5) is 40.1. The van der Waals surface area contributed by atoms with Gasteiger partial charge in [0.1, 0.15) is 11.6 Å². The van der Waals surface area contributed by atoms with Gasteiger partial charge in [-0.2, -0.15) is 0 Å². The standard InChI is InChI=1S/C24H30N6O2/c1-15(2)24-28-19-8-4-5-9-20(19)30(24)12-10-21(31)29-11-6-7-17(14-29)23-26-13-18(22(25)32)16(3)27-23/h4-5,8-9,13,15,17H,6-7,10-12,14H2,1-3H3,(H2,25,32)/t17-/m0/s1. The lowest BCUT2D eigenvalue weighted by atomic mass is 9.96. The van der Waals surface area contributed by atoms with Crippen LogP contribution in [0.25, 0.3) is 11.0 Å². The highest BCUT2D eigenvalue weighted by molar-refractivity contribution is 5.93. The summed E-state index contributed by atoms with van der Waals surface area (Å²) < 4.78 is 2.17. The fraction of sp³-hybridized carbons (Fsp3) is 0.458. The second kappa shape index (κ2) is 9.06. The van der Waals surface area contributed by atoms with Crippen molar-refractivity contribution in [2.24, 2.45) is 5.73 Å². The lowest BCUT2D eigenvalue weighted by Crippen LogP contribution is -2.40. The summed E-state index contributed by atoms with van der Waals surface area (Å²) in [6.07, 6.45) is 3.75. The Morgan fingerprint density at radius 2 is 2.00 bits per heavy atom. The molecule has 0 unspecified atom stereocenters. The van der Waals surface area contributed by atoms with E-state index in [1.54, 1.807) is 6.92 Å². The number of nitrogens with zero attached hydrogens (tertiary/aromatic N) is 5. The van der Waals surface area contributed by atoms with Gasteiger partial charge in [0.15, 0.2) is 0 Å². The van der Waals surface area contributed by atoms with Gasteiger partial charge in [0.25, 0.3) is 5.91 Å². The number of piperidine rings is 1. The van der Waals surface area contributed by atoms with Gasteiger partial charge in [-0.25, -0.2) is 15.0 Å². The van der Waals surface area contributed by atoms with Crippen LogP contribution in [0.2, 0.25) is 0 Å². The normalized spacial score (nSPS) is 16.6. The number of carbonyl (C=O) groups excluding carboxylic acids is 2. The zero-order valence-corrected chi connectivity index (χ0v) is 18.9. The number of imidazole rings is 1. The van der Waals surface area contributed by atoms with Crippen LogP contribution >= 0.6 is 0 Å². The van der Waals surface area contributed by atoms with Crippen molar-refractivity contribution in [1.29, 1.82) is 0 Å². The predicted octanol–water partition coefficient (Wildman–Crippen LogP) is 3.15. The Bertz CT molecular complexity index is 1150. The fourth-order valence-electron chi connectivity index (χ4n) is 4.47. The van der Waals surface area contributed by atoms with E-state index in [4.69, 9.17) is 10.7 Å². The van der Waals surface area contributed by atoms with Crippen molar-refractivity contribution in [1.82, 2.24) is 24.4 Å². The van der Waals surface area contributed by atoms with Crippen LogP contribution < -0.4 is 5.73 Å². The number of amides is 2. The van der Waals surface area contributed by atoms with Crippen molar-refractivity contribution in [3.05, 3.63) is 53.4 Å². The first-order valence-electron chi connectivity index (χ1n) is 11.2. The first-order valence-corrected chi connectivity index (χ1v) is 11.2. The quantitative estimate of drug-likeness (QED) is 0.641. The van der Waals surface area contributed by atoms with Crippen LogP contribution in [-0.4, -0.2) is 49.3 Å². The molecule has 1 aliphatic heterocycles. The number of hydrogen-bond donors (Lipinski definition) is 1. The molecule has 0 radical (unpaired) electrons. The van der Waals surface area contributed by atoms with Gasteiger partial charge in [-0.15, -0.1) is 0 Å². The monoisotopic (exact) mass is 434 g/mol. The number of carbonyl (C=O) groups is 2. The zero-order valence-electron chi connectivity index (χ0n) is 18.9. The predicted molar refractivity (Wildman–Crippen MR) is 122 cm³/mol. The molecule has 3 aromatic rings. The molecule has 168 valence electrons. The molecule has 1 fully saturated rings. The number of aryl methyl sites for hydroxylation is 2. The molecule has 8 nitrogen and oxygen atoms in total. The summed E-state index contributed by atoms with van der Waals surface area (Å²) >= 11 is 0. The summed E-state index contributed by atoms with van der Waals surface area (Å²) in [5.74, 6) is 1.63. The first kappa shape index (κ1) is 21.9. The summed E-state index contributed by atoms with van der Waals surface area (Å²) in [5, 5.41) is 0. The average molecular weight is 435 g/mol. The largest absolute Gasteiger partial charge is 0.365 e. The molecule has 0 bridgehead atoms. The summed E-state index contributed by atoms with van der Waals surface area (Å²) in [7, 11) is 0. The van der Waals surface area contributed by atoms with Crippen LogP contribution in [0.15, 0.2) is 30.5 Å².